The number of hydrogen-bond donors (Lipinski definition) is 1. The van der Waals surface area contributed by atoms with Crippen molar-refractivity contribution in [3.05, 3.63) is 36.0 Å². The van der Waals surface area contributed by atoms with Gasteiger partial charge in [0, 0.05) is 48.2 Å². The highest BCUT2D eigenvalue weighted by molar-refractivity contribution is 5.91. The van der Waals surface area contributed by atoms with E-state index < -0.39 is 0 Å². The SMILES string of the molecule is Cc1cc(NCC2CC(=O)N(C3CCCC3)C2)c2ccccc2n1. The van der Waals surface area contributed by atoms with Crippen LogP contribution in [0, 0.1) is 12.8 Å². The molecular formula is C20H25N3O. The Labute approximate surface area is 143 Å². The fourth-order valence-electron chi connectivity index (χ4n) is 4.22. The molecule has 1 aliphatic carbocycles. The maximum Gasteiger partial charge on any atom is 0.223 e. The second-order valence-electron chi connectivity index (χ2n) is 7.26. The zero-order valence-electron chi connectivity index (χ0n) is 14.3. The van der Waals surface area contributed by atoms with Gasteiger partial charge in [0.1, 0.15) is 0 Å². The monoisotopic (exact) mass is 323 g/mol. The number of carbonyl (C=O) groups excluding carboxylic acids is 1. The van der Waals surface area contributed by atoms with Crippen molar-refractivity contribution in [2.75, 3.05) is 18.4 Å². The van der Waals surface area contributed by atoms with Gasteiger partial charge in [-0.05, 0) is 31.9 Å². The predicted octanol–water partition coefficient (Wildman–Crippen LogP) is 3.75. The second-order valence-corrected chi connectivity index (χ2v) is 7.26. The van der Waals surface area contributed by atoms with E-state index in [0.29, 0.717) is 24.3 Å². The number of pyridine rings is 1. The van der Waals surface area contributed by atoms with Gasteiger partial charge in [-0.1, -0.05) is 31.0 Å². The first-order valence-corrected chi connectivity index (χ1v) is 9.10. The summed E-state index contributed by atoms with van der Waals surface area (Å²) in [5, 5.41) is 4.74. The normalized spacial score (nSPS) is 21.8. The molecule has 0 bridgehead atoms. The van der Waals surface area contributed by atoms with Crippen molar-refractivity contribution in [2.45, 2.75) is 45.1 Å². The van der Waals surface area contributed by atoms with Gasteiger partial charge in [0.2, 0.25) is 5.91 Å². The van der Waals surface area contributed by atoms with Crippen molar-refractivity contribution < 1.29 is 4.79 Å². The van der Waals surface area contributed by atoms with Crippen LogP contribution in [0.4, 0.5) is 5.69 Å². The summed E-state index contributed by atoms with van der Waals surface area (Å²) >= 11 is 0. The van der Waals surface area contributed by atoms with Crippen LogP contribution in [0.1, 0.15) is 37.8 Å². The van der Waals surface area contributed by atoms with Crippen molar-refractivity contribution >= 4 is 22.5 Å². The first-order chi connectivity index (χ1) is 11.7. The molecule has 1 saturated carbocycles. The van der Waals surface area contributed by atoms with Crippen LogP contribution in [0.5, 0.6) is 0 Å². The largest absolute Gasteiger partial charge is 0.384 e. The lowest BCUT2D eigenvalue weighted by atomic mass is 10.1. The maximum absolute atomic E-state index is 12.3. The molecule has 2 aliphatic rings. The van der Waals surface area contributed by atoms with Gasteiger partial charge in [-0.2, -0.15) is 0 Å². The summed E-state index contributed by atoms with van der Waals surface area (Å²) in [5.74, 6) is 0.759. The molecule has 24 heavy (non-hydrogen) atoms. The van der Waals surface area contributed by atoms with Crippen molar-refractivity contribution in [2.24, 2.45) is 5.92 Å². The maximum atomic E-state index is 12.3. The lowest BCUT2D eigenvalue weighted by molar-refractivity contribution is -0.129. The molecule has 1 aromatic carbocycles. The lowest BCUT2D eigenvalue weighted by Crippen LogP contribution is -2.34. The van der Waals surface area contributed by atoms with Gasteiger partial charge in [-0.25, -0.2) is 0 Å². The van der Waals surface area contributed by atoms with Crippen LogP contribution in [0.25, 0.3) is 10.9 Å². The van der Waals surface area contributed by atoms with Gasteiger partial charge < -0.3 is 10.2 Å². The smallest absolute Gasteiger partial charge is 0.223 e. The third-order valence-corrected chi connectivity index (χ3v) is 5.43. The summed E-state index contributed by atoms with van der Waals surface area (Å²) in [6, 6.07) is 10.8. The molecule has 1 saturated heterocycles. The molecule has 1 unspecified atom stereocenters. The fourth-order valence-corrected chi connectivity index (χ4v) is 4.22. The van der Waals surface area contributed by atoms with Crippen LogP contribution in [-0.4, -0.2) is 34.9 Å². The Morgan fingerprint density at radius 2 is 2.04 bits per heavy atom. The number of carbonyl (C=O) groups is 1. The molecule has 2 fully saturated rings. The lowest BCUT2D eigenvalue weighted by Gasteiger charge is -2.24. The molecule has 126 valence electrons. The molecule has 4 rings (SSSR count). The Kier molecular flexibility index (Phi) is 4.13. The second kappa shape index (κ2) is 6.42. The van der Waals surface area contributed by atoms with Crippen LogP contribution in [0.15, 0.2) is 30.3 Å². The highest BCUT2D eigenvalue weighted by atomic mass is 16.2. The van der Waals surface area contributed by atoms with E-state index in [-0.39, 0.29) is 0 Å². The minimum atomic E-state index is 0.351. The third-order valence-electron chi connectivity index (χ3n) is 5.43. The summed E-state index contributed by atoms with van der Waals surface area (Å²) in [6.45, 7) is 3.79. The number of aryl methyl sites for hydroxylation is 1. The summed E-state index contributed by atoms with van der Waals surface area (Å²) < 4.78 is 0. The number of para-hydroxylation sites is 1. The predicted molar refractivity (Wildman–Crippen MR) is 97.0 cm³/mol. The Bertz CT molecular complexity index is 752. The molecule has 4 heteroatoms. The zero-order chi connectivity index (χ0) is 16.5. The standard InChI is InChI=1S/C20H25N3O/c1-14-10-19(17-8-4-5-9-18(17)22-14)21-12-15-11-20(24)23(13-15)16-6-2-3-7-16/h4-5,8-10,15-16H,2-3,6-7,11-13H2,1H3,(H,21,22). The number of amides is 1. The summed E-state index contributed by atoms with van der Waals surface area (Å²) in [7, 11) is 0. The van der Waals surface area contributed by atoms with Gasteiger partial charge in [-0.3, -0.25) is 9.78 Å². The Hall–Kier alpha value is -2.10. The number of nitrogens with zero attached hydrogens (tertiary/aromatic N) is 2. The number of anilines is 1. The van der Waals surface area contributed by atoms with E-state index in [0.717, 1.165) is 35.4 Å². The van der Waals surface area contributed by atoms with E-state index >= 15 is 0 Å². The Morgan fingerprint density at radius 1 is 1.25 bits per heavy atom. The average molecular weight is 323 g/mol. The number of aromatic nitrogens is 1. The molecule has 2 heterocycles. The molecule has 4 nitrogen and oxygen atoms in total. The van der Waals surface area contributed by atoms with E-state index in [1.165, 1.54) is 25.7 Å². The summed E-state index contributed by atoms with van der Waals surface area (Å²) in [6.07, 6.45) is 5.63. The zero-order valence-corrected chi connectivity index (χ0v) is 14.3. The van der Waals surface area contributed by atoms with Crippen LogP contribution in [0.2, 0.25) is 0 Å². The molecular weight excluding hydrogens is 298 g/mol. The van der Waals surface area contributed by atoms with Gasteiger partial charge >= 0.3 is 0 Å². The number of fused-ring (bicyclic) bond motifs is 1. The van der Waals surface area contributed by atoms with Gasteiger partial charge in [0.05, 0.1) is 5.52 Å². The number of benzene rings is 1. The van der Waals surface area contributed by atoms with Crippen LogP contribution < -0.4 is 5.32 Å². The highest BCUT2D eigenvalue weighted by Crippen LogP contribution is 2.30. The van der Waals surface area contributed by atoms with E-state index in [9.17, 15) is 4.79 Å². The van der Waals surface area contributed by atoms with Crippen molar-refractivity contribution in [1.82, 2.24) is 9.88 Å². The van der Waals surface area contributed by atoms with Crippen molar-refractivity contribution in [3.63, 3.8) is 0 Å². The molecule has 0 radical (unpaired) electrons. The fraction of sp³-hybridized carbons (Fsp3) is 0.500. The molecule has 1 atom stereocenters. The van der Waals surface area contributed by atoms with Crippen molar-refractivity contribution in [3.8, 4) is 0 Å². The Morgan fingerprint density at radius 3 is 2.88 bits per heavy atom. The quantitative estimate of drug-likeness (QED) is 0.932. The van der Waals surface area contributed by atoms with Gasteiger partial charge in [0.25, 0.3) is 0 Å². The number of rotatable bonds is 4. The van der Waals surface area contributed by atoms with Crippen molar-refractivity contribution in [1.29, 1.82) is 0 Å². The Balaban J connectivity index is 1.45. The summed E-state index contributed by atoms with van der Waals surface area (Å²) in [5.41, 5.74) is 3.17. The molecule has 1 amide bonds. The van der Waals surface area contributed by atoms with E-state index in [2.05, 4.69) is 33.4 Å². The number of nitrogens with one attached hydrogen (secondary N) is 1. The average Bonchev–Trinajstić information content (AvgIpc) is 3.21. The number of likely N-dealkylation sites (tertiary alicyclic amines) is 1. The molecule has 2 aromatic rings. The minimum absolute atomic E-state index is 0.351. The van der Waals surface area contributed by atoms with Crippen LogP contribution in [-0.2, 0) is 4.79 Å². The van der Waals surface area contributed by atoms with E-state index in [4.69, 9.17) is 0 Å². The molecule has 1 aromatic heterocycles. The first kappa shape index (κ1) is 15.4. The van der Waals surface area contributed by atoms with Crippen LogP contribution in [0.3, 0.4) is 0 Å². The third kappa shape index (κ3) is 2.97. The topological polar surface area (TPSA) is 45.2 Å². The van der Waals surface area contributed by atoms with E-state index in [1.807, 2.05) is 19.1 Å². The first-order valence-electron chi connectivity index (χ1n) is 9.10. The number of hydrogen-bond acceptors (Lipinski definition) is 3. The molecule has 1 aliphatic heterocycles. The minimum Gasteiger partial charge on any atom is -0.384 e. The highest BCUT2D eigenvalue weighted by Gasteiger charge is 2.35. The van der Waals surface area contributed by atoms with Gasteiger partial charge in [-0.15, -0.1) is 0 Å². The molecule has 1 N–H and O–H groups in total. The van der Waals surface area contributed by atoms with E-state index in [1.54, 1.807) is 0 Å². The molecule has 0 spiro atoms. The summed E-state index contributed by atoms with van der Waals surface area (Å²) in [4.78, 5) is 19.1. The van der Waals surface area contributed by atoms with Gasteiger partial charge in [0.15, 0.2) is 0 Å². The van der Waals surface area contributed by atoms with Crippen LogP contribution >= 0.6 is 0 Å².